The van der Waals surface area contributed by atoms with Crippen molar-refractivity contribution in [2.24, 2.45) is 4.99 Å². The van der Waals surface area contributed by atoms with Crippen molar-refractivity contribution >= 4 is 41.1 Å². The van der Waals surface area contributed by atoms with Crippen LogP contribution in [0.15, 0.2) is 70.7 Å². The highest BCUT2D eigenvalue weighted by molar-refractivity contribution is 6.30. The zero-order valence-corrected chi connectivity index (χ0v) is 25.3. The number of likely N-dealkylation sites (tertiary alicyclic amines) is 1. The van der Waals surface area contributed by atoms with Crippen molar-refractivity contribution in [1.82, 2.24) is 15.5 Å². The fourth-order valence-electron chi connectivity index (χ4n) is 5.85. The summed E-state index contributed by atoms with van der Waals surface area (Å²) in [4.78, 5) is 32.8. The lowest BCUT2D eigenvalue weighted by molar-refractivity contribution is -0.728. The second-order valence-corrected chi connectivity index (χ2v) is 11.5. The Hall–Kier alpha value is -3.66. The zero-order valence-electron chi connectivity index (χ0n) is 24.6. The van der Waals surface area contributed by atoms with Crippen molar-refractivity contribution in [3.8, 4) is 0 Å². The largest absolute Gasteiger partial charge is 0.447 e. The number of rotatable bonds is 7. The van der Waals surface area contributed by atoms with Crippen LogP contribution in [-0.2, 0) is 14.3 Å². The van der Waals surface area contributed by atoms with Gasteiger partial charge >= 0.3 is 6.09 Å². The summed E-state index contributed by atoms with van der Waals surface area (Å²) < 4.78 is 10.9. The molecule has 1 saturated heterocycles. The number of hydrogen-bond acceptors (Lipinski definition) is 6. The Balaban J connectivity index is 1.60. The average Bonchev–Trinajstić information content (AvgIpc) is 3.34. The first-order valence-corrected chi connectivity index (χ1v) is 14.9. The lowest BCUT2D eigenvalue weighted by Gasteiger charge is -2.33. The molecule has 9 nitrogen and oxygen atoms in total. The van der Waals surface area contributed by atoms with Gasteiger partial charge in [-0.05, 0) is 85.9 Å². The molecule has 1 aromatic rings. The molecule has 3 N–H and O–H groups in total. The molecule has 1 aliphatic carbocycles. The summed E-state index contributed by atoms with van der Waals surface area (Å²) in [7, 11) is 2.00. The monoisotopic (exact) mass is 592 g/mol. The summed E-state index contributed by atoms with van der Waals surface area (Å²) >= 11 is 6.65. The topological polar surface area (TPSA) is 96.7 Å². The lowest BCUT2D eigenvalue weighted by Crippen LogP contribution is -3.06. The van der Waals surface area contributed by atoms with Crippen LogP contribution in [0.5, 0.6) is 0 Å². The minimum atomic E-state index is -0.470. The molecule has 5 rings (SSSR count). The molecule has 0 aromatic heterocycles. The molecule has 1 aromatic carbocycles. The fraction of sp³-hybridized carbons (Fsp3) is 0.406. The third kappa shape index (κ3) is 6.38. The minimum Gasteiger partial charge on any atom is -0.447 e. The SMILES string of the molecule is CCOCC(=O)NC(C1=CC2=CC=CNC2C(=C2CCN(C(=O)OC(C)C)CC2)c2ccc(Cl)cc21)C1=CN=C[NH+]1C. The Bertz CT molecular complexity index is 1410. The quantitative estimate of drug-likeness (QED) is 0.451. The molecule has 0 spiro atoms. The van der Waals surface area contributed by atoms with Crippen LogP contribution in [0.1, 0.15) is 44.7 Å². The molecule has 0 bridgehead atoms. The van der Waals surface area contributed by atoms with Crippen molar-refractivity contribution in [3.05, 3.63) is 81.8 Å². The first-order chi connectivity index (χ1) is 20.3. The van der Waals surface area contributed by atoms with E-state index in [1.165, 1.54) is 11.1 Å². The number of quaternary nitrogens is 1. The van der Waals surface area contributed by atoms with Gasteiger partial charge in [-0.15, -0.1) is 0 Å². The van der Waals surface area contributed by atoms with E-state index in [-0.39, 0.29) is 30.8 Å². The number of halogens is 1. The van der Waals surface area contributed by atoms with E-state index in [2.05, 4.69) is 33.8 Å². The number of hydrogen-bond donors (Lipinski definition) is 3. The molecule has 0 radical (unpaired) electrons. The van der Waals surface area contributed by atoms with E-state index in [0.717, 1.165) is 45.7 Å². The Kier molecular flexibility index (Phi) is 9.30. The van der Waals surface area contributed by atoms with E-state index >= 15 is 0 Å². The summed E-state index contributed by atoms with van der Waals surface area (Å²) in [6, 6.07) is 5.40. The van der Waals surface area contributed by atoms with Gasteiger partial charge in [-0.3, -0.25) is 9.69 Å². The smallest absolute Gasteiger partial charge is 0.410 e. The van der Waals surface area contributed by atoms with E-state index < -0.39 is 6.04 Å². The number of dihydropyridines is 1. The zero-order chi connectivity index (χ0) is 29.8. The maximum absolute atomic E-state index is 13.1. The van der Waals surface area contributed by atoms with Gasteiger partial charge < -0.3 is 25.0 Å². The van der Waals surface area contributed by atoms with Crippen LogP contribution in [0.4, 0.5) is 4.79 Å². The van der Waals surface area contributed by atoms with Crippen molar-refractivity contribution in [1.29, 1.82) is 0 Å². The Morgan fingerprint density at radius 2 is 2.02 bits per heavy atom. The van der Waals surface area contributed by atoms with Gasteiger partial charge in [-0.1, -0.05) is 35.4 Å². The van der Waals surface area contributed by atoms with Gasteiger partial charge in [0.15, 0.2) is 12.0 Å². The number of nitrogens with zero attached hydrogens (tertiary/aromatic N) is 2. The summed E-state index contributed by atoms with van der Waals surface area (Å²) in [5.41, 5.74) is 7.38. The Morgan fingerprint density at radius 1 is 1.24 bits per heavy atom. The normalized spacial score (nSPS) is 22.0. The van der Waals surface area contributed by atoms with Gasteiger partial charge in [0.05, 0.1) is 25.4 Å². The molecule has 0 saturated carbocycles. The maximum atomic E-state index is 13.1. The van der Waals surface area contributed by atoms with Gasteiger partial charge in [-0.25, -0.2) is 9.79 Å². The number of ether oxygens (including phenoxy) is 2. The molecular weight excluding hydrogens is 554 g/mol. The number of benzene rings is 1. The molecule has 222 valence electrons. The van der Waals surface area contributed by atoms with Crippen molar-refractivity contribution in [2.75, 3.05) is 33.4 Å². The molecule has 3 heterocycles. The van der Waals surface area contributed by atoms with Gasteiger partial charge in [0.1, 0.15) is 12.6 Å². The minimum absolute atomic E-state index is 0.0312. The number of amides is 2. The number of carbonyl (C=O) groups excluding carboxylic acids is 2. The number of aliphatic imine (C=N–C) groups is 1. The maximum Gasteiger partial charge on any atom is 0.410 e. The predicted octanol–water partition coefficient (Wildman–Crippen LogP) is 3.46. The second-order valence-electron chi connectivity index (χ2n) is 11.0. The highest BCUT2D eigenvalue weighted by Gasteiger charge is 2.37. The van der Waals surface area contributed by atoms with E-state index in [9.17, 15) is 9.59 Å². The third-order valence-corrected chi connectivity index (χ3v) is 8.05. The molecule has 42 heavy (non-hydrogen) atoms. The number of carbonyl (C=O) groups is 2. The van der Waals surface area contributed by atoms with E-state index in [1.807, 2.05) is 64.8 Å². The van der Waals surface area contributed by atoms with E-state index in [1.54, 1.807) is 4.90 Å². The van der Waals surface area contributed by atoms with E-state index in [0.29, 0.717) is 24.7 Å². The summed E-state index contributed by atoms with van der Waals surface area (Å²) in [5.74, 6) is -0.206. The van der Waals surface area contributed by atoms with Gasteiger partial charge in [0.2, 0.25) is 5.91 Å². The molecule has 2 amide bonds. The van der Waals surface area contributed by atoms with Crippen LogP contribution < -0.4 is 15.5 Å². The lowest BCUT2D eigenvalue weighted by atomic mass is 9.84. The number of nitrogens with one attached hydrogen (secondary N) is 3. The highest BCUT2D eigenvalue weighted by atomic mass is 35.5. The van der Waals surface area contributed by atoms with E-state index in [4.69, 9.17) is 21.1 Å². The molecule has 10 heteroatoms. The number of likely N-dealkylation sites (N-methyl/N-ethyl adjacent to an activating group) is 1. The van der Waals surface area contributed by atoms with Crippen LogP contribution in [-0.4, -0.2) is 74.8 Å². The van der Waals surface area contributed by atoms with Gasteiger partial charge in [-0.2, -0.15) is 0 Å². The Morgan fingerprint density at radius 3 is 2.71 bits per heavy atom. The molecule has 3 aliphatic heterocycles. The first-order valence-electron chi connectivity index (χ1n) is 14.5. The van der Waals surface area contributed by atoms with Crippen LogP contribution in [0.2, 0.25) is 5.02 Å². The number of fused-ring (bicyclic) bond motifs is 2. The highest BCUT2D eigenvalue weighted by Crippen LogP contribution is 2.42. The Labute approximate surface area is 252 Å². The first kappa shape index (κ1) is 29.8. The second kappa shape index (κ2) is 13.1. The number of allylic oxidation sites excluding steroid dienone is 2. The standard InChI is InChI=1S/C32H38ClN5O4/c1-5-41-18-28(39)36-31(27-17-34-19-37(27)4)26-15-22-7-6-12-35-30(22)29(24-9-8-23(33)16-25(24)26)21-10-13-38(14-11-21)32(40)42-20(2)3/h6-9,12,15-17,19-20,30-31,35H,5,10-11,13-14,18H2,1-4H3,(H,36,39)/p+1. The van der Waals surface area contributed by atoms with Crippen molar-refractivity contribution < 1.29 is 24.0 Å². The van der Waals surface area contributed by atoms with Crippen LogP contribution in [0, 0.1) is 0 Å². The summed E-state index contributed by atoms with van der Waals surface area (Å²) in [5, 5.41) is 7.42. The molecule has 1 fully saturated rings. The van der Waals surface area contributed by atoms with Gasteiger partial charge in [0.25, 0.3) is 0 Å². The molecule has 3 atom stereocenters. The third-order valence-electron chi connectivity index (χ3n) is 7.82. The van der Waals surface area contributed by atoms with Crippen LogP contribution >= 0.6 is 11.6 Å². The number of piperidine rings is 1. The van der Waals surface area contributed by atoms with Crippen molar-refractivity contribution in [2.45, 2.75) is 51.8 Å². The van der Waals surface area contributed by atoms with Crippen LogP contribution in [0.3, 0.4) is 0 Å². The fourth-order valence-corrected chi connectivity index (χ4v) is 6.03. The molecule has 3 unspecified atom stereocenters. The average molecular weight is 593 g/mol. The van der Waals surface area contributed by atoms with Crippen molar-refractivity contribution in [3.63, 3.8) is 0 Å². The molecule has 4 aliphatic rings. The van der Waals surface area contributed by atoms with Crippen LogP contribution in [0.25, 0.3) is 11.1 Å². The summed E-state index contributed by atoms with van der Waals surface area (Å²) in [6.45, 7) is 7.19. The predicted molar refractivity (Wildman–Crippen MR) is 165 cm³/mol. The summed E-state index contributed by atoms with van der Waals surface area (Å²) in [6.07, 6.45) is 12.9. The van der Waals surface area contributed by atoms with Gasteiger partial charge in [0, 0.05) is 24.7 Å². The molecular formula is C32H39ClN5O4+.